The third kappa shape index (κ3) is 6.19. The Morgan fingerprint density at radius 2 is 1.79 bits per heavy atom. The monoisotopic (exact) mass is 398 g/mol. The third-order valence-corrected chi connectivity index (χ3v) is 5.40. The smallest absolute Gasteiger partial charge is 0.242 e. The zero-order chi connectivity index (χ0) is 20.5. The molecule has 156 valence electrons. The summed E-state index contributed by atoms with van der Waals surface area (Å²) in [7, 11) is 1.61. The van der Waals surface area contributed by atoms with Gasteiger partial charge >= 0.3 is 0 Å². The van der Waals surface area contributed by atoms with Gasteiger partial charge in [0.15, 0.2) is 0 Å². The maximum Gasteiger partial charge on any atom is 0.242 e. The molecule has 1 aromatic heterocycles. The maximum absolute atomic E-state index is 13.2. The minimum absolute atomic E-state index is 0.0345. The molecular formula is C23H30N2O4. The second-order valence-electron chi connectivity index (χ2n) is 7.55. The van der Waals surface area contributed by atoms with Gasteiger partial charge in [-0.25, -0.2) is 0 Å². The van der Waals surface area contributed by atoms with Gasteiger partial charge in [0.2, 0.25) is 11.8 Å². The molecule has 3 rings (SSSR count). The van der Waals surface area contributed by atoms with E-state index in [2.05, 4.69) is 0 Å². The van der Waals surface area contributed by atoms with Gasteiger partial charge in [-0.3, -0.25) is 9.59 Å². The molecule has 0 saturated heterocycles. The highest BCUT2D eigenvalue weighted by atomic mass is 16.5. The van der Waals surface area contributed by atoms with Gasteiger partial charge in [-0.15, -0.1) is 0 Å². The molecule has 0 bridgehead atoms. The minimum atomic E-state index is -0.0901. The van der Waals surface area contributed by atoms with Crippen molar-refractivity contribution in [1.29, 1.82) is 0 Å². The minimum Gasteiger partial charge on any atom is -0.467 e. The number of furan rings is 1. The predicted octanol–water partition coefficient (Wildman–Crippen LogP) is 3.47. The van der Waals surface area contributed by atoms with Crippen LogP contribution in [0.25, 0.3) is 0 Å². The first kappa shape index (κ1) is 21.1. The van der Waals surface area contributed by atoms with Gasteiger partial charge in [-0.2, -0.15) is 0 Å². The summed E-state index contributed by atoms with van der Waals surface area (Å²) < 4.78 is 10.6. The Bertz CT molecular complexity index is 754. The standard InChI is InChI=1S/C23H30N2O4/c1-28-15-13-24(23(27)20-10-5-6-11-20)18-22(26)25(17-21-12-7-14-29-21)16-19-8-3-2-4-9-19/h2-4,7-9,12,14,20H,5-6,10-11,13,15-18H2,1H3. The molecule has 0 aliphatic heterocycles. The van der Waals surface area contributed by atoms with E-state index in [-0.39, 0.29) is 24.3 Å². The Hall–Kier alpha value is -2.60. The highest BCUT2D eigenvalue weighted by Crippen LogP contribution is 2.26. The zero-order valence-electron chi connectivity index (χ0n) is 17.1. The van der Waals surface area contributed by atoms with Crippen molar-refractivity contribution >= 4 is 11.8 Å². The van der Waals surface area contributed by atoms with Gasteiger partial charge in [-0.05, 0) is 30.5 Å². The van der Waals surface area contributed by atoms with Crippen molar-refractivity contribution < 1.29 is 18.7 Å². The molecule has 1 saturated carbocycles. The lowest BCUT2D eigenvalue weighted by molar-refractivity contribution is -0.144. The summed E-state index contributed by atoms with van der Waals surface area (Å²) in [5.74, 6) is 0.741. The van der Waals surface area contributed by atoms with E-state index in [1.54, 1.807) is 23.2 Å². The fourth-order valence-corrected chi connectivity index (χ4v) is 3.79. The molecule has 0 radical (unpaired) electrons. The Morgan fingerprint density at radius 3 is 2.45 bits per heavy atom. The van der Waals surface area contributed by atoms with Crippen LogP contribution in [0.5, 0.6) is 0 Å². The average Bonchev–Trinajstić information content (AvgIpc) is 3.45. The lowest BCUT2D eigenvalue weighted by Gasteiger charge is -2.29. The molecule has 1 fully saturated rings. The SMILES string of the molecule is COCCN(CC(=O)N(Cc1ccccc1)Cc1ccco1)C(=O)C1CCCC1. The first-order valence-electron chi connectivity index (χ1n) is 10.3. The average molecular weight is 399 g/mol. The molecular weight excluding hydrogens is 368 g/mol. The van der Waals surface area contributed by atoms with Crippen LogP contribution in [0.1, 0.15) is 37.0 Å². The molecule has 2 amide bonds. The molecule has 6 nitrogen and oxygen atoms in total. The quantitative estimate of drug-likeness (QED) is 0.615. The normalized spacial score (nSPS) is 14.1. The zero-order valence-corrected chi connectivity index (χ0v) is 17.1. The predicted molar refractivity (Wildman–Crippen MR) is 110 cm³/mol. The number of methoxy groups -OCH3 is 1. The highest BCUT2D eigenvalue weighted by molar-refractivity contribution is 5.86. The Morgan fingerprint density at radius 1 is 1.03 bits per heavy atom. The van der Waals surface area contributed by atoms with Crippen molar-refractivity contribution in [3.63, 3.8) is 0 Å². The topological polar surface area (TPSA) is 63.0 Å². The van der Waals surface area contributed by atoms with Crippen molar-refractivity contribution in [2.45, 2.75) is 38.8 Å². The number of nitrogens with zero attached hydrogens (tertiary/aromatic N) is 2. The van der Waals surface area contributed by atoms with Crippen molar-refractivity contribution in [2.24, 2.45) is 5.92 Å². The van der Waals surface area contributed by atoms with Crippen LogP contribution < -0.4 is 0 Å². The summed E-state index contributed by atoms with van der Waals surface area (Å²) in [6.07, 6.45) is 5.60. The van der Waals surface area contributed by atoms with Gasteiger partial charge in [0.25, 0.3) is 0 Å². The lowest BCUT2D eigenvalue weighted by atomic mass is 10.1. The van der Waals surface area contributed by atoms with Gasteiger partial charge < -0.3 is 19.0 Å². The van der Waals surface area contributed by atoms with E-state index in [1.165, 1.54) is 0 Å². The Labute approximate surface area is 172 Å². The molecule has 0 unspecified atom stereocenters. The summed E-state index contributed by atoms with van der Waals surface area (Å²) in [6, 6.07) is 13.5. The van der Waals surface area contributed by atoms with Gasteiger partial charge in [-0.1, -0.05) is 43.2 Å². The largest absolute Gasteiger partial charge is 0.467 e. The van der Waals surface area contributed by atoms with Crippen molar-refractivity contribution in [1.82, 2.24) is 9.80 Å². The van der Waals surface area contributed by atoms with Gasteiger partial charge in [0, 0.05) is 26.1 Å². The Balaban J connectivity index is 1.71. The summed E-state index contributed by atoms with van der Waals surface area (Å²) in [5.41, 5.74) is 1.04. The van der Waals surface area contributed by atoms with Crippen molar-refractivity contribution in [2.75, 3.05) is 26.8 Å². The van der Waals surface area contributed by atoms with Crippen LogP contribution in [0.4, 0.5) is 0 Å². The Kier molecular flexibility index (Phi) is 7.87. The number of carbonyl (C=O) groups excluding carboxylic acids is 2. The number of carbonyl (C=O) groups is 2. The number of hydrogen-bond donors (Lipinski definition) is 0. The number of ether oxygens (including phenoxy) is 1. The second-order valence-corrected chi connectivity index (χ2v) is 7.55. The van der Waals surface area contributed by atoms with Crippen LogP contribution in [0, 0.1) is 5.92 Å². The van der Waals surface area contributed by atoms with Crippen LogP contribution in [0.15, 0.2) is 53.1 Å². The van der Waals surface area contributed by atoms with E-state index >= 15 is 0 Å². The molecule has 0 atom stereocenters. The van der Waals surface area contributed by atoms with E-state index < -0.39 is 0 Å². The summed E-state index contributed by atoms with van der Waals surface area (Å²) in [4.78, 5) is 29.6. The molecule has 6 heteroatoms. The fourth-order valence-electron chi connectivity index (χ4n) is 3.79. The van der Waals surface area contributed by atoms with Crippen molar-refractivity contribution in [3.8, 4) is 0 Å². The molecule has 29 heavy (non-hydrogen) atoms. The maximum atomic E-state index is 13.2. The summed E-state index contributed by atoms with van der Waals surface area (Å²) in [6.45, 7) is 1.75. The van der Waals surface area contributed by atoms with E-state index in [4.69, 9.17) is 9.15 Å². The molecule has 1 aliphatic rings. The number of amides is 2. The molecule has 0 N–H and O–H groups in total. The van der Waals surface area contributed by atoms with Gasteiger partial charge in [0.1, 0.15) is 5.76 Å². The molecule has 1 aliphatic carbocycles. The fraction of sp³-hybridized carbons (Fsp3) is 0.478. The van der Waals surface area contributed by atoms with Crippen LogP contribution >= 0.6 is 0 Å². The van der Waals surface area contributed by atoms with Crippen molar-refractivity contribution in [3.05, 3.63) is 60.1 Å². The van der Waals surface area contributed by atoms with Crippen LogP contribution in [-0.2, 0) is 27.4 Å². The van der Waals surface area contributed by atoms with Gasteiger partial charge in [0.05, 0.1) is 26.0 Å². The van der Waals surface area contributed by atoms with E-state index in [0.717, 1.165) is 37.0 Å². The van der Waals surface area contributed by atoms with Crippen LogP contribution in [-0.4, -0.2) is 48.4 Å². The lowest BCUT2D eigenvalue weighted by Crippen LogP contribution is -2.45. The number of hydrogen-bond acceptors (Lipinski definition) is 4. The number of benzene rings is 1. The highest BCUT2D eigenvalue weighted by Gasteiger charge is 2.29. The third-order valence-electron chi connectivity index (χ3n) is 5.40. The van der Waals surface area contributed by atoms with E-state index in [0.29, 0.717) is 26.2 Å². The summed E-state index contributed by atoms with van der Waals surface area (Å²) in [5, 5.41) is 0. The first-order chi connectivity index (χ1) is 14.2. The first-order valence-corrected chi connectivity index (χ1v) is 10.3. The molecule has 0 spiro atoms. The molecule has 1 heterocycles. The van der Waals surface area contributed by atoms with E-state index in [9.17, 15) is 9.59 Å². The van der Waals surface area contributed by atoms with E-state index in [1.807, 2.05) is 42.5 Å². The summed E-state index contributed by atoms with van der Waals surface area (Å²) >= 11 is 0. The van der Waals surface area contributed by atoms with Crippen LogP contribution in [0.2, 0.25) is 0 Å². The second kappa shape index (κ2) is 10.8. The number of rotatable bonds is 10. The van der Waals surface area contributed by atoms with Crippen LogP contribution in [0.3, 0.4) is 0 Å². The molecule has 1 aromatic carbocycles. The molecule has 2 aromatic rings.